The first kappa shape index (κ1) is 12.3. The van der Waals surface area contributed by atoms with E-state index in [1.807, 2.05) is 24.3 Å². The van der Waals surface area contributed by atoms with Crippen LogP contribution in [0.4, 0.5) is 0 Å². The van der Waals surface area contributed by atoms with Crippen LogP contribution in [0.5, 0.6) is 0 Å². The van der Waals surface area contributed by atoms with Crippen molar-refractivity contribution < 1.29 is 10.2 Å². The fraction of sp³-hybridized carbons (Fsp3) is 0.273. The van der Waals surface area contributed by atoms with Gasteiger partial charge in [-0.1, -0.05) is 23.7 Å². The molecule has 0 amide bonds. The molecule has 0 aromatic heterocycles. The van der Waals surface area contributed by atoms with E-state index < -0.39 is 0 Å². The van der Waals surface area contributed by atoms with Gasteiger partial charge in [0.05, 0.1) is 17.8 Å². The lowest BCUT2D eigenvalue weighted by Gasteiger charge is -2.09. The lowest BCUT2D eigenvalue weighted by atomic mass is 10.2. The van der Waals surface area contributed by atoms with Crippen LogP contribution in [0.3, 0.4) is 0 Å². The van der Waals surface area contributed by atoms with Crippen molar-refractivity contribution in [1.82, 2.24) is 0 Å². The number of hydrogen-bond acceptors (Lipinski definition) is 4. The highest BCUT2D eigenvalue weighted by Gasteiger charge is 2.26. The van der Waals surface area contributed by atoms with Crippen molar-refractivity contribution in [2.24, 2.45) is 0 Å². The summed E-state index contributed by atoms with van der Waals surface area (Å²) < 4.78 is 0.210. The molecule has 0 radical (unpaired) electrons. The molecule has 0 bridgehead atoms. The predicted octanol–water partition coefficient (Wildman–Crippen LogP) is 3.01. The molecule has 2 nitrogen and oxygen atoms in total. The van der Waals surface area contributed by atoms with Gasteiger partial charge in [-0.3, -0.25) is 0 Å². The van der Waals surface area contributed by atoms with Crippen molar-refractivity contribution >= 4 is 35.1 Å². The van der Waals surface area contributed by atoms with Crippen molar-refractivity contribution in [3.8, 4) is 0 Å². The predicted molar refractivity (Wildman–Crippen MR) is 70.6 cm³/mol. The second-order valence-electron chi connectivity index (χ2n) is 3.28. The largest absolute Gasteiger partial charge is 0.391 e. The minimum absolute atomic E-state index is 0.00233. The van der Waals surface area contributed by atoms with E-state index in [-0.39, 0.29) is 17.8 Å². The van der Waals surface area contributed by atoms with E-state index in [4.69, 9.17) is 21.8 Å². The Bertz CT molecular complexity index is 387. The molecule has 2 rings (SSSR count). The quantitative estimate of drug-likeness (QED) is 0.889. The Hall–Kier alpha value is -0.130. The Kier molecular flexibility index (Phi) is 4.21. The second-order valence-corrected chi connectivity index (χ2v) is 6.42. The van der Waals surface area contributed by atoms with Gasteiger partial charge in [-0.25, -0.2) is 0 Å². The summed E-state index contributed by atoms with van der Waals surface area (Å²) in [5.41, 5.74) is 1.15. The smallest absolute Gasteiger partial charge is 0.0841 e. The van der Waals surface area contributed by atoms with E-state index in [1.165, 1.54) is 0 Å². The summed E-state index contributed by atoms with van der Waals surface area (Å²) in [6, 6.07) is 7.66. The summed E-state index contributed by atoms with van der Waals surface area (Å²) in [6.07, 6.45) is 0. The highest BCUT2D eigenvalue weighted by molar-refractivity contribution is 8.22. The van der Waals surface area contributed by atoms with Gasteiger partial charge in [-0.2, -0.15) is 0 Å². The van der Waals surface area contributed by atoms with Crippen LogP contribution in [0.1, 0.15) is 10.1 Å². The lowest BCUT2D eigenvalue weighted by Crippen LogP contribution is -1.89. The van der Waals surface area contributed by atoms with Crippen LogP contribution in [-0.2, 0) is 0 Å². The molecular formula is C11H11ClO2S2. The Morgan fingerprint density at radius 2 is 1.50 bits per heavy atom. The van der Waals surface area contributed by atoms with Crippen LogP contribution in [0.2, 0.25) is 5.02 Å². The van der Waals surface area contributed by atoms with Crippen LogP contribution in [-0.4, -0.2) is 23.4 Å². The van der Waals surface area contributed by atoms with Crippen LogP contribution in [0.15, 0.2) is 34.1 Å². The summed E-state index contributed by atoms with van der Waals surface area (Å²) in [7, 11) is 0. The maximum absolute atomic E-state index is 9.15. The molecular weight excluding hydrogens is 264 g/mol. The maximum atomic E-state index is 9.15. The fourth-order valence-electron chi connectivity index (χ4n) is 1.42. The van der Waals surface area contributed by atoms with Gasteiger partial charge in [0.15, 0.2) is 0 Å². The molecule has 1 aliphatic heterocycles. The zero-order chi connectivity index (χ0) is 11.5. The minimum Gasteiger partial charge on any atom is -0.391 e. The molecule has 1 aromatic carbocycles. The van der Waals surface area contributed by atoms with Gasteiger partial charge >= 0.3 is 0 Å². The first-order chi connectivity index (χ1) is 7.74. The molecule has 0 spiro atoms. The highest BCUT2D eigenvalue weighted by atomic mass is 35.5. The Morgan fingerprint density at radius 3 is 1.94 bits per heavy atom. The van der Waals surface area contributed by atoms with E-state index >= 15 is 0 Å². The third-order valence-corrected chi connectivity index (χ3v) is 5.49. The Balaban J connectivity index is 2.13. The Morgan fingerprint density at radius 1 is 1.00 bits per heavy atom. The number of hydrogen-bond donors (Lipinski definition) is 2. The van der Waals surface area contributed by atoms with Gasteiger partial charge in [0, 0.05) is 14.8 Å². The van der Waals surface area contributed by atoms with Crippen LogP contribution >= 0.6 is 35.1 Å². The van der Waals surface area contributed by atoms with Crippen LogP contribution in [0, 0.1) is 0 Å². The van der Waals surface area contributed by atoms with Gasteiger partial charge in [0.2, 0.25) is 0 Å². The SMILES string of the molecule is OCC1=C(CO)SC(c2ccc(Cl)cc2)S1. The zero-order valence-electron chi connectivity index (χ0n) is 8.39. The number of benzene rings is 1. The number of thioether (sulfide) groups is 2. The number of rotatable bonds is 3. The van der Waals surface area contributed by atoms with E-state index in [0.717, 1.165) is 20.4 Å². The minimum atomic E-state index is -0.00233. The summed E-state index contributed by atoms with van der Waals surface area (Å²) in [4.78, 5) is 1.74. The molecule has 0 saturated carbocycles. The molecule has 16 heavy (non-hydrogen) atoms. The molecule has 1 heterocycles. The molecule has 0 aliphatic carbocycles. The molecule has 0 saturated heterocycles. The maximum Gasteiger partial charge on any atom is 0.0841 e. The average Bonchev–Trinajstić information content (AvgIpc) is 2.73. The summed E-state index contributed by atoms with van der Waals surface area (Å²) in [6.45, 7) is -0.00466. The van der Waals surface area contributed by atoms with Crippen molar-refractivity contribution in [1.29, 1.82) is 0 Å². The van der Waals surface area contributed by atoms with Crippen molar-refractivity contribution in [3.05, 3.63) is 44.7 Å². The number of aliphatic hydroxyl groups excluding tert-OH is 2. The molecule has 5 heteroatoms. The van der Waals surface area contributed by atoms with Gasteiger partial charge in [0.25, 0.3) is 0 Å². The first-order valence-corrected chi connectivity index (χ1v) is 6.91. The van der Waals surface area contributed by atoms with Gasteiger partial charge in [0.1, 0.15) is 0 Å². The molecule has 0 unspecified atom stereocenters. The molecule has 1 aromatic rings. The molecule has 1 aliphatic rings. The Labute approximate surface area is 108 Å². The van der Waals surface area contributed by atoms with Gasteiger partial charge < -0.3 is 10.2 Å². The van der Waals surface area contributed by atoms with Crippen molar-refractivity contribution in [3.63, 3.8) is 0 Å². The topological polar surface area (TPSA) is 40.5 Å². The number of halogens is 1. The first-order valence-electron chi connectivity index (χ1n) is 4.77. The van der Waals surface area contributed by atoms with Crippen molar-refractivity contribution in [2.45, 2.75) is 4.58 Å². The molecule has 2 N–H and O–H groups in total. The normalized spacial score (nSPS) is 17.2. The highest BCUT2D eigenvalue weighted by Crippen LogP contribution is 2.54. The molecule has 0 atom stereocenters. The van der Waals surface area contributed by atoms with E-state index in [9.17, 15) is 0 Å². The third-order valence-electron chi connectivity index (χ3n) is 2.24. The summed E-state index contributed by atoms with van der Waals surface area (Å²) in [5, 5.41) is 19.0. The van der Waals surface area contributed by atoms with Crippen molar-refractivity contribution in [2.75, 3.05) is 13.2 Å². The summed E-state index contributed by atoms with van der Waals surface area (Å²) >= 11 is 9.01. The monoisotopic (exact) mass is 274 g/mol. The molecule has 0 fully saturated rings. The zero-order valence-corrected chi connectivity index (χ0v) is 10.8. The third kappa shape index (κ3) is 2.57. The lowest BCUT2D eigenvalue weighted by molar-refractivity contribution is 0.324. The summed E-state index contributed by atoms with van der Waals surface area (Å²) in [5.74, 6) is 0. The van der Waals surface area contributed by atoms with E-state index in [2.05, 4.69) is 0 Å². The van der Waals surface area contributed by atoms with Gasteiger partial charge in [-0.15, -0.1) is 23.5 Å². The standard InChI is InChI=1S/C11H11ClO2S2/c12-8-3-1-7(2-4-8)11-15-9(5-13)10(6-14)16-11/h1-4,11,13-14H,5-6H2. The number of aliphatic hydroxyl groups is 2. The fourth-order valence-corrected chi connectivity index (χ4v) is 4.37. The molecule has 86 valence electrons. The van der Waals surface area contributed by atoms with E-state index in [1.54, 1.807) is 23.5 Å². The average molecular weight is 275 g/mol. The van der Waals surface area contributed by atoms with E-state index in [0.29, 0.717) is 0 Å². The van der Waals surface area contributed by atoms with Gasteiger partial charge in [-0.05, 0) is 17.7 Å². The van der Waals surface area contributed by atoms with Crippen LogP contribution < -0.4 is 0 Å². The van der Waals surface area contributed by atoms with Crippen LogP contribution in [0.25, 0.3) is 0 Å². The second kappa shape index (κ2) is 5.47.